The van der Waals surface area contributed by atoms with Crippen molar-refractivity contribution in [1.82, 2.24) is 10.2 Å². The number of carbonyl (C=O) groups excluding carboxylic acids is 3. The van der Waals surface area contributed by atoms with E-state index in [0.29, 0.717) is 40.6 Å². The van der Waals surface area contributed by atoms with Crippen LogP contribution in [0, 0.1) is 0 Å². The number of nitrogens with zero attached hydrogens (tertiary/aromatic N) is 1. The van der Waals surface area contributed by atoms with Crippen molar-refractivity contribution in [3.05, 3.63) is 64.9 Å². The molecule has 0 bridgehead atoms. The van der Waals surface area contributed by atoms with E-state index < -0.39 is 17.9 Å². The van der Waals surface area contributed by atoms with Gasteiger partial charge < -0.3 is 24.8 Å². The Morgan fingerprint density at radius 3 is 2.20 bits per heavy atom. The van der Waals surface area contributed by atoms with Crippen molar-refractivity contribution in [1.29, 1.82) is 0 Å². The Bertz CT molecular complexity index is 1100. The van der Waals surface area contributed by atoms with Gasteiger partial charge in [0.15, 0.2) is 0 Å². The smallest absolute Gasteiger partial charge is 0.337 e. The highest BCUT2D eigenvalue weighted by molar-refractivity contribution is 6.08. The number of hydrogen-bond acceptors (Lipinski definition) is 6. The van der Waals surface area contributed by atoms with Gasteiger partial charge in [0, 0.05) is 17.9 Å². The number of anilines is 1. The molecule has 9 nitrogen and oxygen atoms in total. The average molecular weight is 482 g/mol. The molecule has 1 atom stereocenters. The largest absolute Gasteiger partial charge is 0.496 e. The molecule has 0 aliphatic carbocycles. The van der Waals surface area contributed by atoms with Gasteiger partial charge >= 0.3 is 12.0 Å². The van der Waals surface area contributed by atoms with Crippen LogP contribution in [-0.2, 0) is 9.53 Å². The molecule has 0 fully saturated rings. The van der Waals surface area contributed by atoms with Crippen LogP contribution >= 0.6 is 0 Å². The zero-order chi connectivity index (χ0) is 25.5. The van der Waals surface area contributed by atoms with Crippen LogP contribution in [0.5, 0.6) is 11.5 Å². The van der Waals surface area contributed by atoms with E-state index in [2.05, 4.69) is 10.6 Å². The zero-order valence-electron chi connectivity index (χ0n) is 20.6. The van der Waals surface area contributed by atoms with Crippen molar-refractivity contribution >= 4 is 23.6 Å². The number of nitrogens with one attached hydrogen (secondary N) is 2. The van der Waals surface area contributed by atoms with Crippen LogP contribution in [0.25, 0.3) is 0 Å². The van der Waals surface area contributed by atoms with Gasteiger partial charge in [0.1, 0.15) is 17.1 Å². The molecular weight excluding hydrogens is 450 g/mol. The summed E-state index contributed by atoms with van der Waals surface area (Å²) in [5.41, 5.74) is 2.43. The molecule has 1 unspecified atom stereocenters. The molecule has 186 valence electrons. The number of allylic oxidation sites excluding steroid dienone is 1. The highest BCUT2D eigenvalue weighted by Gasteiger charge is 2.36. The number of amides is 3. The first kappa shape index (κ1) is 25.6. The predicted octanol–water partition coefficient (Wildman–Crippen LogP) is 4.27. The number of methoxy groups -OCH3 is 3. The van der Waals surface area contributed by atoms with E-state index >= 15 is 0 Å². The highest BCUT2D eigenvalue weighted by Crippen LogP contribution is 2.33. The molecule has 9 heteroatoms. The minimum atomic E-state index is -0.674. The van der Waals surface area contributed by atoms with Crippen LogP contribution in [0.1, 0.15) is 48.7 Å². The Morgan fingerprint density at radius 1 is 1.03 bits per heavy atom. The van der Waals surface area contributed by atoms with Crippen molar-refractivity contribution in [2.24, 2.45) is 0 Å². The standard InChI is InChI=1S/C26H31N3O6/c1-6-7-15-29-16(2)21(25(31)35-5)23(28-26(29)32)17-11-13-18(14-12-17)27-24(30)22-19(33-3)9-8-10-20(22)34-4/h8-14,23H,6-7,15H2,1-5H3,(H,27,30)(H,28,32). The van der Waals surface area contributed by atoms with Crippen LogP contribution in [0.3, 0.4) is 0 Å². The van der Waals surface area contributed by atoms with Crippen LogP contribution in [0.4, 0.5) is 10.5 Å². The topological polar surface area (TPSA) is 106 Å². The SMILES string of the molecule is CCCCN1C(=O)NC(c2ccc(NC(=O)c3c(OC)cccc3OC)cc2)C(C(=O)OC)=C1C. The molecule has 2 N–H and O–H groups in total. The van der Waals surface area contributed by atoms with E-state index in [-0.39, 0.29) is 11.6 Å². The molecule has 35 heavy (non-hydrogen) atoms. The average Bonchev–Trinajstić information content (AvgIpc) is 2.87. The number of esters is 1. The van der Waals surface area contributed by atoms with E-state index in [1.165, 1.54) is 21.3 Å². The molecule has 1 heterocycles. The summed E-state index contributed by atoms with van der Waals surface area (Å²) < 4.78 is 15.6. The van der Waals surface area contributed by atoms with Gasteiger partial charge in [-0.05, 0) is 43.2 Å². The first-order chi connectivity index (χ1) is 16.9. The summed E-state index contributed by atoms with van der Waals surface area (Å²) in [4.78, 5) is 39.9. The summed E-state index contributed by atoms with van der Waals surface area (Å²) in [7, 11) is 4.28. The monoisotopic (exact) mass is 481 g/mol. The summed E-state index contributed by atoms with van der Waals surface area (Å²) in [5, 5.41) is 5.74. The lowest BCUT2D eigenvalue weighted by molar-refractivity contribution is -0.136. The van der Waals surface area contributed by atoms with E-state index in [1.54, 1.807) is 54.3 Å². The molecule has 0 radical (unpaired) electrons. The molecule has 0 saturated heterocycles. The number of urea groups is 1. The molecule has 2 aromatic rings. The third-order valence-corrected chi connectivity index (χ3v) is 5.89. The Kier molecular flexibility index (Phi) is 8.35. The third-order valence-electron chi connectivity index (χ3n) is 5.89. The van der Waals surface area contributed by atoms with Crippen molar-refractivity contribution in [2.45, 2.75) is 32.7 Å². The van der Waals surface area contributed by atoms with E-state index in [9.17, 15) is 14.4 Å². The second kappa shape index (κ2) is 11.4. The van der Waals surface area contributed by atoms with E-state index in [4.69, 9.17) is 14.2 Å². The van der Waals surface area contributed by atoms with Gasteiger partial charge in [-0.25, -0.2) is 9.59 Å². The van der Waals surface area contributed by atoms with E-state index in [1.807, 2.05) is 6.92 Å². The van der Waals surface area contributed by atoms with Crippen molar-refractivity contribution in [3.63, 3.8) is 0 Å². The maximum absolute atomic E-state index is 12.9. The number of rotatable bonds is 9. The maximum atomic E-state index is 12.9. The van der Waals surface area contributed by atoms with Crippen molar-refractivity contribution < 1.29 is 28.6 Å². The molecule has 0 spiro atoms. The molecule has 2 aromatic carbocycles. The van der Waals surface area contributed by atoms with Gasteiger partial charge in [0.25, 0.3) is 5.91 Å². The molecule has 0 saturated carbocycles. The minimum absolute atomic E-state index is 0.269. The van der Waals surface area contributed by atoms with Crippen LogP contribution in [0.2, 0.25) is 0 Å². The van der Waals surface area contributed by atoms with Gasteiger partial charge in [-0.1, -0.05) is 31.5 Å². The highest BCUT2D eigenvalue weighted by atomic mass is 16.5. The fraction of sp³-hybridized carbons (Fsp3) is 0.346. The lowest BCUT2D eigenvalue weighted by Gasteiger charge is -2.35. The first-order valence-corrected chi connectivity index (χ1v) is 11.4. The summed E-state index contributed by atoms with van der Waals surface area (Å²) in [6.45, 7) is 4.30. The fourth-order valence-electron chi connectivity index (χ4n) is 4.02. The quantitative estimate of drug-likeness (QED) is 0.518. The van der Waals surface area contributed by atoms with Crippen molar-refractivity contribution in [2.75, 3.05) is 33.2 Å². The minimum Gasteiger partial charge on any atom is -0.496 e. The molecule has 1 aliphatic rings. The number of carbonyl (C=O) groups is 3. The number of unbranched alkanes of at least 4 members (excludes halogenated alkanes) is 1. The van der Waals surface area contributed by atoms with Gasteiger partial charge in [-0.2, -0.15) is 0 Å². The number of hydrogen-bond donors (Lipinski definition) is 2. The second-order valence-corrected chi connectivity index (χ2v) is 7.99. The molecular formula is C26H31N3O6. The molecule has 3 amide bonds. The molecule has 1 aliphatic heterocycles. The van der Waals surface area contributed by atoms with Gasteiger partial charge in [-0.15, -0.1) is 0 Å². The van der Waals surface area contributed by atoms with Crippen molar-refractivity contribution in [3.8, 4) is 11.5 Å². The van der Waals surface area contributed by atoms with Gasteiger partial charge in [0.2, 0.25) is 0 Å². The first-order valence-electron chi connectivity index (χ1n) is 11.4. The molecule has 3 rings (SSSR count). The Morgan fingerprint density at radius 2 is 1.66 bits per heavy atom. The Hall–Kier alpha value is -4.01. The lowest BCUT2D eigenvalue weighted by Crippen LogP contribution is -2.48. The van der Waals surface area contributed by atoms with Gasteiger partial charge in [0.05, 0.1) is 32.9 Å². The van der Waals surface area contributed by atoms with Gasteiger partial charge in [-0.3, -0.25) is 9.69 Å². The summed E-state index contributed by atoms with van der Waals surface area (Å²) in [6, 6.07) is 11.1. The summed E-state index contributed by atoms with van der Waals surface area (Å²) in [5.74, 6) is -0.121. The zero-order valence-corrected chi connectivity index (χ0v) is 20.6. The lowest BCUT2D eigenvalue weighted by atomic mass is 9.94. The predicted molar refractivity (Wildman–Crippen MR) is 132 cm³/mol. The molecule has 0 aromatic heterocycles. The normalized spacial score (nSPS) is 15.4. The number of benzene rings is 2. The fourth-order valence-corrected chi connectivity index (χ4v) is 4.02. The Balaban J connectivity index is 1.88. The Labute approximate surface area is 205 Å². The second-order valence-electron chi connectivity index (χ2n) is 7.99. The third kappa shape index (κ3) is 5.40. The maximum Gasteiger partial charge on any atom is 0.337 e. The van der Waals surface area contributed by atoms with E-state index in [0.717, 1.165) is 12.8 Å². The van der Waals surface area contributed by atoms with Crippen LogP contribution in [-0.4, -0.2) is 50.7 Å². The van der Waals surface area contributed by atoms with Crippen LogP contribution in [0.15, 0.2) is 53.7 Å². The summed E-state index contributed by atoms with van der Waals surface area (Å²) >= 11 is 0. The van der Waals surface area contributed by atoms with Crippen LogP contribution < -0.4 is 20.1 Å². The number of ether oxygens (including phenoxy) is 3. The summed E-state index contributed by atoms with van der Waals surface area (Å²) in [6.07, 6.45) is 1.73.